The molecule has 1 amide bonds. The number of pyridine rings is 1. The number of thiophene rings is 1. The third kappa shape index (κ3) is 4.56. The van der Waals surface area contributed by atoms with Crippen LogP contribution < -0.4 is 0 Å². The second-order valence-electron chi connectivity index (χ2n) is 7.07. The van der Waals surface area contributed by atoms with E-state index in [1.165, 1.54) is 15.6 Å². The fourth-order valence-electron chi connectivity index (χ4n) is 3.34. The lowest BCUT2D eigenvalue weighted by molar-refractivity contribution is -0.138. The van der Waals surface area contributed by atoms with E-state index in [0.29, 0.717) is 23.8 Å². The lowest BCUT2D eigenvalue weighted by Crippen LogP contribution is -2.52. The number of carbonyl (C=O) groups is 1. The van der Waals surface area contributed by atoms with Crippen molar-refractivity contribution in [2.24, 2.45) is 5.92 Å². The molecule has 1 aliphatic heterocycles. The summed E-state index contributed by atoms with van der Waals surface area (Å²) in [4.78, 5) is 18.8. The highest BCUT2D eigenvalue weighted by atomic mass is 32.2. The van der Waals surface area contributed by atoms with Crippen LogP contribution in [0.1, 0.15) is 32.3 Å². The van der Waals surface area contributed by atoms with Gasteiger partial charge in [0.25, 0.3) is 10.0 Å². The lowest BCUT2D eigenvalue weighted by Gasteiger charge is -2.39. The number of sulfonamides is 1. The zero-order valence-corrected chi connectivity index (χ0v) is 17.2. The van der Waals surface area contributed by atoms with Gasteiger partial charge >= 0.3 is 0 Å². The van der Waals surface area contributed by atoms with Gasteiger partial charge in [-0.25, -0.2) is 8.42 Å². The predicted molar refractivity (Wildman–Crippen MR) is 106 cm³/mol. The average Bonchev–Trinajstić information content (AvgIpc) is 3.22. The van der Waals surface area contributed by atoms with E-state index in [0.717, 1.165) is 18.4 Å². The molecule has 0 aliphatic carbocycles. The summed E-state index contributed by atoms with van der Waals surface area (Å²) in [5, 5.41) is 1.77. The molecule has 0 radical (unpaired) electrons. The standard InChI is InChI=1S/C19H25N3O3S2/c1-15(2)19(23)22(13-16-6-3-9-20-12-16)17-7-4-10-21(14-17)27(24,25)18-8-5-11-26-18/h3,5-6,8-9,11-12,15,17H,4,7,10,13-14H2,1-2H3. The Labute approximate surface area is 164 Å². The van der Waals surface area contributed by atoms with E-state index in [9.17, 15) is 13.2 Å². The molecule has 1 atom stereocenters. The second-order valence-corrected chi connectivity index (χ2v) is 10.2. The fraction of sp³-hybridized carbons (Fsp3) is 0.474. The summed E-state index contributed by atoms with van der Waals surface area (Å²) in [5.41, 5.74) is 0.949. The van der Waals surface area contributed by atoms with Gasteiger partial charge in [0.2, 0.25) is 5.91 Å². The molecule has 3 rings (SSSR count). The van der Waals surface area contributed by atoms with Crippen LogP contribution in [0.2, 0.25) is 0 Å². The number of rotatable bonds is 6. The highest BCUT2D eigenvalue weighted by Crippen LogP contribution is 2.27. The lowest BCUT2D eigenvalue weighted by atomic mass is 10.0. The molecule has 0 N–H and O–H groups in total. The van der Waals surface area contributed by atoms with E-state index in [1.807, 2.05) is 30.9 Å². The first-order valence-electron chi connectivity index (χ1n) is 9.12. The molecule has 2 aromatic rings. The van der Waals surface area contributed by atoms with E-state index in [1.54, 1.807) is 29.9 Å². The van der Waals surface area contributed by atoms with Gasteiger partial charge in [-0.3, -0.25) is 9.78 Å². The average molecular weight is 408 g/mol. The van der Waals surface area contributed by atoms with Gasteiger partial charge in [-0.15, -0.1) is 11.3 Å². The van der Waals surface area contributed by atoms with E-state index in [4.69, 9.17) is 0 Å². The van der Waals surface area contributed by atoms with Crippen LogP contribution in [0.15, 0.2) is 46.2 Å². The molecule has 27 heavy (non-hydrogen) atoms. The van der Waals surface area contributed by atoms with Crippen molar-refractivity contribution in [2.45, 2.75) is 43.5 Å². The molecule has 146 valence electrons. The van der Waals surface area contributed by atoms with Crippen LogP contribution in [0.4, 0.5) is 0 Å². The van der Waals surface area contributed by atoms with Crippen LogP contribution in [0.3, 0.4) is 0 Å². The molecule has 1 saturated heterocycles. The van der Waals surface area contributed by atoms with Crippen LogP contribution in [0.5, 0.6) is 0 Å². The SMILES string of the molecule is CC(C)C(=O)N(Cc1cccnc1)C1CCCN(S(=O)(=O)c2cccs2)C1. The normalized spacial score (nSPS) is 18.6. The predicted octanol–water partition coefficient (Wildman–Crippen LogP) is 2.98. The highest BCUT2D eigenvalue weighted by Gasteiger charge is 2.35. The van der Waals surface area contributed by atoms with Gasteiger partial charge in [-0.1, -0.05) is 26.0 Å². The first kappa shape index (κ1) is 20.0. The Hall–Kier alpha value is -1.77. The minimum Gasteiger partial charge on any atom is -0.334 e. The van der Waals surface area contributed by atoms with Crippen molar-refractivity contribution >= 4 is 27.3 Å². The topological polar surface area (TPSA) is 70.6 Å². The summed E-state index contributed by atoms with van der Waals surface area (Å²) in [6.45, 7) is 5.03. The number of piperidine rings is 1. The maximum Gasteiger partial charge on any atom is 0.252 e. The van der Waals surface area contributed by atoms with Crippen molar-refractivity contribution in [1.29, 1.82) is 0 Å². The smallest absolute Gasteiger partial charge is 0.252 e. The molecule has 1 fully saturated rings. The number of carbonyl (C=O) groups excluding carboxylic acids is 1. The van der Waals surface area contributed by atoms with Gasteiger partial charge < -0.3 is 4.90 Å². The Morgan fingerprint density at radius 3 is 2.81 bits per heavy atom. The van der Waals surface area contributed by atoms with Crippen LogP contribution in [0, 0.1) is 5.92 Å². The molecule has 0 saturated carbocycles. The second kappa shape index (κ2) is 8.50. The summed E-state index contributed by atoms with van der Waals surface area (Å²) >= 11 is 1.23. The summed E-state index contributed by atoms with van der Waals surface area (Å²) in [6, 6.07) is 7.04. The Morgan fingerprint density at radius 2 is 2.19 bits per heavy atom. The Bertz CT molecular complexity index is 852. The molecular formula is C19H25N3O3S2. The fourth-order valence-corrected chi connectivity index (χ4v) is 6.00. The third-order valence-corrected chi connectivity index (χ3v) is 7.98. The van der Waals surface area contributed by atoms with Crippen LogP contribution in [-0.4, -0.2) is 47.6 Å². The van der Waals surface area contributed by atoms with Gasteiger partial charge in [-0.05, 0) is 35.9 Å². The Morgan fingerprint density at radius 1 is 1.37 bits per heavy atom. The molecule has 1 aliphatic rings. The van der Waals surface area contributed by atoms with Crippen LogP contribution >= 0.6 is 11.3 Å². The molecule has 6 nitrogen and oxygen atoms in total. The van der Waals surface area contributed by atoms with Crippen molar-refractivity contribution in [2.75, 3.05) is 13.1 Å². The van der Waals surface area contributed by atoms with Crippen molar-refractivity contribution in [3.8, 4) is 0 Å². The van der Waals surface area contributed by atoms with Gasteiger partial charge in [0.15, 0.2) is 0 Å². The van der Waals surface area contributed by atoms with Crippen molar-refractivity contribution in [1.82, 2.24) is 14.2 Å². The van der Waals surface area contributed by atoms with Crippen molar-refractivity contribution in [3.05, 3.63) is 47.6 Å². The maximum atomic E-state index is 12.9. The van der Waals surface area contributed by atoms with Crippen LogP contribution in [0.25, 0.3) is 0 Å². The summed E-state index contributed by atoms with van der Waals surface area (Å²) in [6.07, 6.45) is 5.00. The molecule has 8 heteroatoms. The summed E-state index contributed by atoms with van der Waals surface area (Å²) in [5.74, 6) is -0.106. The monoisotopic (exact) mass is 407 g/mol. The number of aromatic nitrogens is 1. The Balaban J connectivity index is 1.82. The quantitative estimate of drug-likeness (QED) is 0.738. The third-order valence-electron chi connectivity index (χ3n) is 4.74. The Kier molecular flexibility index (Phi) is 6.29. The van der Waals surface area contributed by atoms with E-state index in [2.05, 4.69) is 4.98 Å². The van der Waals surface area contributed by atoms with Gasteiger partial charge in [0.05, 0.1) is 0 Å². The van der Waals surface area contributed by atoms with Crippen LogP contribution in [-0.2, 0) is 21.4 Å². The highest BCUT2D eigenvalue weighted by molar-refractivity contribution is 7.91. The first-order valence-corrected chi connectivity index (χ1v) is 11.4. The minimum absolute atomic E-state index is 0.0409. The zero-order chi connectivity index (χ0) is 19.4. The van der Waals surface area contributed by atoms with Gasteiger partial charge in [0.1, 0.15) is 4.21 Å². The molecule has 3 heterocycles. The largest absolute Gasteiger partial charge is 0.334 e. The van der Waals surface area contributed by atoms with E-state index < -0.39 is 10.0 Å². The molecule has 1 unspecified atom stereocenters. The van der Waals surface area contributed by atoms with Crippen molar-refractivity contribution in [3.63, 3.8) is 0 Å². The summed E-state index contributed by atoms with van der Waals surface area (Å²) < 4.78 is 27.7. The molecule has 0 spiro atoms. The number of hydrogen-bond donors (Lipinski definition) is 0. The molecule has 2 aromatic heterocycles. The number of hydrogen-bond acceptors (Lipinski definition) is 5. The first-order chi connectivity index (χ1) is 12.9. The maximum absolute atomic E-state index is 12.9. The van der Waals surface area contributed by atoms with E-state index in [-0.39, 0.29) is 17.9 Å². The van der Waals surface area contributed by atoms with Crippen molar-refractivity contribution < 1.29 is 13.2 Å². The molecule has 0 bridgehead atoms. The summed E-state index contributed by atoms with van der Waals surface area (Å²) in [7, 11) is -3.50. The molecule has 0 aromatic carbocycles. The number of amides is 1. The van der Waals surface area contributed by atoms with E-state index >= 15 is 0 Å². The minimum atomic E-state index is -3.50. The number of nitrogens with zero attached hydrogens (tertiary/aromatic N) is 3. The van der Waals surface area contributed by atoms with Gasteiger partial charge in [-0.2, -0.15) is 4.31 Å². The molecular weight excluding hydrogens is 382 g/mol. The zero-order valence-electron chi connectivity index (χ0n) is 15.6. The van der Waals surface area contributed by atoms with Gasteiger partial charge in [0, 0.05) is 44.0 Å².